The molecular weight excluding hydrogens is 403 g/mol. The Morgan fingerprint density at radius 3 is 1.96 bits per heavy atom. The molecule has 0 aliphatic rings. The predicted octanol–water partition coefficient (Wildman–Crippen LogP) is -0.0774. The highest BCUT2D eigenvalue weighted by Gasteiger charge is 2.21. The van der Waals surface area contributed by atoms with Crippen LogP contribution >= 0.6 is 11.6 Å². The zero-order valence-electron chi connectivity index (χ0n) is 15.1. The van der Waals surface area contributed by atoms with Crippen molar-refractivity contribution < 1.29 is 33.4 Å². The van der Waals surface area contributed by atoms with Gasteiger partial charge in [0.2, 0.25) is 5.69 Å². The van der Waals surface area contributed by atoms with Gasteiger partial charge >= 0.3 is 0 Å². The number of rotatable bonds is 2. The molecule has 144 valence electrons. The van der Waals surface area contributed by atoms with Gasteiger partial charge in [-0.05, 0) is 29.8 Å². The van der Waals surface area contributed by atoms with E-state index in [4.69, 9.17) is 30.2 Å². The second-order valence-corrected chi connectivity index (χ2v) is 7.02. The molecule has 3 aromatic rings. The van der Waals surface area contributed by atoms with Crippen LogP contribution in [0.25, 0.3) is 22.4 Å². The maximum Gasteiger partial charge on any atom is 0.213 e. The second kappa shape index (κ2) is 9.13. The fourth-order valence-electron chi connectivity index (χ4n) is 2.73. The third kappa shape index (κ3) is 5.75. The Labute approximate surface area is 169 Å². The van der Waals surface area contributed by atoms with E-state index >= 15 is 0 Å². The first-order chi connectivity index (χ1) is 13.1. The monoisotopic (exact) mass is 418 g/mol. The van der Waals surface area contributed by atoms with Crippen LogP contribution in [0.3, 0.4) is 0 Å². The molecule has 0 atom stereocenters. The molecule has 0 spiro atoms. The van der Waals surface area contributed by atoms with Gasteiger partial charge in [-0.3, -0.25) is 0 Å². The van der Waals surface area contributed by atoms with Crippen molar-refractivity contribution in [3.8, 4) is 28.5 Å². The van der Waals surface area contributed by atoms with Crippen LogP contribution in [0.15, 0.2) is 60.7 Å². The molecule has 2 aromatic carbocycles. The minimum atomic E-state index is -4.94. The SMILES string of the molecule is Cc1c(C#N)c(-c2ccc(Cl)cc2)cc(-c2ccccc2)[n+]1C.[O-][Cl+3]([O-])([O-])[O-]. The van der Waals surface area contributed by atoms with E-state index in [1.807, 2.05) is 56.4 Å². The average molecular weight is 419 g/mol. The summed E-state index contributed by atoms with van der Waals surface area (Å²) in [6.07, 6.45) is 0. The number of hydrogen-bond donors (Lipinski definition) is 0. The van der Waals surface area contributed by atoms with Gasteiger partial charge in [-0.25, -0.2) is 18.6 Å². The van der Waals surface area contributed by atoms with Crippen molar-refractivity contribution in [3.05, 3.63) is 76.9 Å². The molecule has 0 amide bonds. The van der Waals surface area contributed by atoms with Gasteiger partial charge in [0.1, 0.15) is 18.7 Å². The van der Waals surface area contributed by atoms with E-state index < -0.39 is 10.2 Å². The normalized spacial score (nSPS) is 10.6. The Bertz CT molecular complexity index is 990. The minimum absolute atomic E-state index is 0.689. The highest BCUT2D eigenvalue weighted by Crippen LogP contribution is 2.29. The van der Waals surface area contributed by atoms with E-state index in [2.05, 4.69) is 28.8 Å². The maximum atomic E-state index is 9.61. The summed E-state index contributed by atoms with van der Waals surface area (Å²) >= 11 is 5.99. The molecule has 0 radical (unpaired) electrons. The molecule has 0 unspecified atom stereocenters. The van der Waals surface area contributed by atoms with E-state index in [1.54, 1.807) is 0 Å². The molecule has 28 heavy (non-hydrogen) atoms. The topological polar surface area (TPSA) is 120 Å². The van der Waals surface area contributed by atoms with Gasteiger partial charge in [0.25, 0.3) is 0 Å². The Morgan fingerprint density at radius 1 is 0.929 bits per heavy atom. The molecule has 0 saturated carbocycles. The van der Waals surface area contributed by atoms with Crippen LogP contribution in [0.1, 0.15) is 11.3 Å². The summed E-state index contributed by atoms with van der Waals surface area (Å²) in [7, 11) is -2.95. The number of benzene rings is 2. The maximum absolute atomic E-state index is 9.61. The first-order valence-corrected chi connectivity index (χ1v) is 9.60. The number of hydrogen-bond acceptors (Lipinski definition) is 5. The number of pyridine rings is 1. The second-order valence-electron chi connectivity index (χ2n) is 5.83. The smallest absolute Gasteiger partial charge is 0.213 e. The van der Waals surface area contributed by atoms with E-state index in [-0.39, 0.29) is 0 Å². The van der Waals surface area contributed by atoms with Crippen molar-refractivity contribution in [2.45, 2.75) is 6.92 Å². The lowest BCUT2D eigenvalue weighted by atomic mass is 9.96. The van der Waals surface area contributed by atoms with Gasteiger partial charge < -0.3 is 0 Å². The Kier molecular flexibility index (Phi) is 7.11. The molecule has 0 fully saturated rings. The van der Waals surface area contributed by atoms with Crippen LogP contribution in [0.5, 0.6) is 0 Å². The first-order valence-electron chi connectivity index (χ1n) is 7.98. The standard InChI is InChI=1S/C20H16ClN2.ClHO4/c1-14-19(13-22)18(15-8-10-17(21)11-9-15)12-20(23(14)2)16-6-4-3-5-7-16;2-1(3,4)5/h3-12H,1-2H3;(H,2,3,4,5)/q+1;/p-1. The molecule has 6 nitrogen and oxygen atoms in total. The molecular formula is C20H16Cl2N2O4. The minimum Gasteiger partial charge on any atom is -0.222 e. The third-order valence-corrected chi connectivity index (χ3v) is 4.37. The lowest BCUT2D eigenvalue weighted by Gasteiger charge is -2.17. The van der Waals surface area contributed by atoms with E-state index in [1.165, 1.54) is 0 Å². The molecule has 0 aliphatic heterocycles. The number of halogens is 2. The van der Waals surface area contributed by atoms with Gasteiger partial charge in [0.05, 0.1) is 0 Å². The van der Waals surface area contributed by atoms with Crippen molar-refractivity contribution in [2.75, 3.05) is 0 Å². The van der Waals surface area contributed by atoms with Crippen LogP contribution in [-0.2, 0) is 7.05 Å². The largest absolute Gasteiger partial charge is 0.222 e. The van der Waals surface area contributed by atoms with Crippen LogP contribution < -0.4 is 23.2 Å². The van der Waals surface area contributed by atoms with Crippen molar-refractivity contribution in [1.82, 2.24) is 0 Å². The van der Waals surface area contributed by atoms with Crippen molar-refractivity contribution >= 4 is 11.6 Å². The lowest BCUT2D eigenvalue weighted by molar-refractivity contribution is -2.00. The van der Waals surface area contributed by atoms with Crippen molar-refractivity contribution in [3.63, 3.8) is 0 Å². The molecule has 0 saturated heterocycles. The van der Waals surface area contributed by atoms with Crippen molar-refractivity contribution in [1.29, 1.82) is 5.26 Å². The highest BCUT2D eigenvalue weighted by molar-refractivity contribution is 6.30. The quantitative estimate of drug-likeness (QED) is 0.539. The Balaban J connectivity index is 0.000000500. The van der Waals surface area contributed by atoms with Gasteiger partial charge in [-0.15, -0.1) is 10.2 Å². The van der Waals surface area contributed by atoms with E-state index in [0.717, 1.165) is 28.1 Å². The van der Waals surface area contributed by atoms with Crippen LogP contribution in [0.4, 0.5) is 0 Å². The fraction of sp³-hybridized carbons (Fsp3) is 0.100. The van der Waals surface area contributed by atoms with Crippen molar-refractivity contribution in [2.24, 2.45) is 7.05 Å². The van der Waals surface area contributed by atoms with Crippen LogP contribution in [-0.4, -0.2) is 0 Å². The zero-order chi connectivity index (χ0) is 20.9. The van der Waals surface area contributed by atoms with Gasteiger partial charge in [-0.1, -0.05) is 41.9 Å². The summed E-state index contributed by atoms with van der Waals surface area (Å²) in [5, 5.41) is 10.3. The first kappa shape index (κ1) is 21.8. The molecule has 1 aromatic heterocycles. The third-order valence-electron chi connectivity index (χ3n) is 4.11. The summed E-state index contributed by atoms with van der Waals surface area (Å²) in [5.41, 5.74) is 5.75. The number of nitriles is 1. The van der Waals surface area contributed by atoms with Gasteiger partial charge in [0, 0.05) is 29.1 Å². The zero-order valence-corrected chi connectivity index (χ0v) is 16.6. The predicted molar refractivity (Wildman–Crippen MR) is 93.0 cm³/mol. The van der Waals surface area contributed by atoms with Gasteiger partial charge in [0.15, 0.2) is 5.69 Å². The van der Waals surface area contributed by atoms with E-state index in [0.29, 0.717) is 10.6 Å². The lowest BCUT2D eigenvalue weighted by Crippen LogP contribution is -2.68. The summed E-state index contributed by atoms with van der Waals surface area (Å²) in [6, 6.07) is 22.2. The highest BCUT2D eigenvalue weighted by atomic mass is 35.7. The molecule has 0 N–H and O–H groups in total. The van der Waals surface area contributed by atoms with E-state index in [9.17, 15) is 5.26 Å². The number of nitrogens with zero attached hydrogens (tertiary/aromatic N) is 2. The summed E-state index contributed by atoms with van der Waals surface area (Å²) < 4.78 is 36.0. The molecule has 0 aliphatic carbocycles. The Hall–Kier alpha value is -2.50. The summed E-state index contributed by atoms with van der Waals surface area (Å²) in [4.78, 5) is 0. The summed E-state index contributed by atoms with van der Waals surface area (Å²) in [6.45, 7) is 1.98. The van der Waals surface area contributed by atoms with Crippen LogP contribution in [0.2, 0.25) is 5.02 Å². The fourth-order valence-corrected chi connectivity index (χ4v) is 2.86. The average Bonchev–Trinajstić information content (AvgIpc) is 2.64. The van der Waals surface area contributed by atoms with Gasteiger partial charge in [-0.2, -0.15) is 9.83 Å². The molecule has 1 heterocycles. The summed E-state index contributed by atoms with van der Waals surface area (Å²) in [5.74, 6) is 0. The van der Waals surface area contributed by atoms with Crippen LogP contribution in [0, 0.1) is 28.5 Å². The molecule has 0 bridgehead atoms. The molecule has 8 heteroatoms. The molecule has 3 rings (SSSR count). The Morgan fingerprint density at radius 2 is 1.46 bits per heavy atom. The number of aromatic nitrogens is 1.